The van der Waals surface area contributed by atoms with Crippen molar-refractivity contribution in [3.63, 3.8) is 0 Å². The Morgan fingerprint density at radius 2 is 1.86 bits per heavy atom. The Kier molecular flexibility index (Phi) is 6.37. The average Bonchev–Trinajstić information content (AvgIpc) is 3.12. The molecule has 28 heavy (non-hydrogen) atoms. The number of halogens is 1. The molecule has 1 aromatic heterocycles. The van der Waals surface area contributed by atoms with Crippen LogP contribution < -0.4 is 10.6 Å². The number of rotatable bonds is 7. The van der Waals surface area contributed by atoms with Crippen LogP contribution in [0.3, 0.4) is 0 Å². The first kappa shape index (κ1) is 19.1. The quantitative estimate of drug-likeness (QED) is 0.640. The number of aromatic nitrogens is 3. The van der Waals surface area contributed by atoms with Gasteiger partial charge in [-0.1, -0.05) is 54.1 Å². The first-order valence-electron chi connectivity index (χ1n) is 9.93. The lowest BCUT2D eigenvalue weighted by atomic mass is 9.98. The molecule has 2 heterocycles. The number of piperidine rings is 1. The maximum atomic E-state index is 6.12. The largest absolute Gasteiger partial charge is 0.317 e. The summed E-state index contributed by atoms with van der Waals surface area (Å²) < 4.78 is 0. The van der Waals surface area contributed by atoms with Gasteiger partial charge in [-0.05, 0) is 56.1 Å². The molecule has 0 bridgehead atoms. The molecular weight excluding hydrogens is 370 g/mol. The summed E-state index contributed by atoms with van der Waals surface area (Å²) in [5.41, 5.74) is 4.12. The third-order valence-electron chi connectivity index (χ3n) is 5.17. The molecule has 0 atom stereocenters. The molecule has 1 aliphatic heterocycles. The van der Waals surface area contributed by atoms with Gasteiger partial charge >= 0.3 is 0 Å². The summed E-state index contributed by atoms with van der Waals surface area (Å²) in [5, 5.41) is 17.3. The zero-order valence-corrected chi connectivity index (χ0v) is 16.7. The van der Waals surface area contributed by atoms with Crippen LogP contribution in [0.25, 0.3) is 11.3 Å². The molecule has 3 aromatic rings. The van der Waals surface area contributed by atoms with Crippen molar-refractivity contribution in [1.29, 1.82) is 0 Å². The number of nitrogens with one attached hydrogen (secondary N) is 2. The van der Waals surface area contributed by atoms with Crippen LogP contribution in [-0.4, -0.2) is 34.6 Å². The van der Waals surface area contributed by atoms with E-state index in [1.165, 1.54) is 12.8 Å². The van der Waals surface area contributed by atoms with E-state index in [-0.39, 0.29) is 0 Å². The molecule has 0 amide bonds. The summed E-state index contributed by atoms with van der Waals surface area (Å²) in [6.07, 6.45) is 2.47. The van der Waals surface area contributed by atoms with E-state index in [0.29, 0.717) is 6.54 Å². The minimum Gasteiger partial charge on any atom is -0.317 e. The second-order valence-corrected chi connectivity index (χ2v) is 7.78. The highest BCUT2D eigenvalue weighted by molar-refractivity contribution is 6.30. The molecule has 0 aliphatic carbocycles. The fraction of sp³-hybridized carbons (Fsp3) is 0.364. The third-order valence-corrected chi connectivity index (χ3v) is 5.40. The molecule has 1 aliphatic rings. The number of hydrogen-bond acceptors (Lipinski definition) is 4. The van der Waals surface area contributed by atoms with Crippen LogP contribution >= 0.6 is 11.6 Å². The predicted octanol–water partition coefficient (Wildman–Crippen LogP) is 3.74. The zero-order valence-electron chi connectivity index (χ0n) is 15.9. The van der Waals surface area contributed by atoms with Crippen molar-refractivity contribution in [2.45, 2.75) is 25.9 Å². The number of benzene rings is 2. The molecule has 0 unspecified atom stereocenters. The Labute approximate surface area is 171 Å². The Hall–Kier alpha value is -2.21. The normalized spacial score (nSPS) is 15.0. The Morgan fingerprint density at radius 1 is 1.04 bits per heavy atom. The van der Waals surface area contributed by atoms with Crippen molar-refractivity contribution in [3.8, 4) is 11.3 Å². The van der Waals surface area contributed by atoms with Gasteiger partial charge in [-0.3, -0.25) is 0 Å². The molecule has 0 saturated carbocycles. The van der Waals surface area contributed by atoms with Crippen molar-refractivity contribution in [2.24, 2.45) is 5.92 Å². The van der Waals surface area contributed by atoms with Gasteiger partial charge in [-0.2, -0.15) is 15.0 Å². The summed E-state index contributed by atoms with van der Waals surface area (Å²) in [6.45, 7) is 4.60. The topological polar surface area (TPSA) is 54.8 Å². The summed E-state index contributed by atoms with van der Waals surface area (Å²) in [5.74, 6) is 0.739. The molecule has 4 rings (SSSR count). The van der Waals surface area contributed by atoms with Gasteiger partial charge in [0.2, 0.25) is 0 Å². The second kappa shape index (κ2) is 9.32. The molecule has 1 fully saturated rings. The fourth-order valence-electron chi connectivity index (χ4n) is 3.67. The lowest BCUT2D eigenvalue weighted by molar-refractivity contribution is 0.355. The van der Waals surface area contributed by atoms with Crippen molar-refractivity contribution >= 4 is 11.6 Å². The van der Waals surface area contributed by atoms with Crippen LogP contribution in [0.4, 0.5) is 0 Å². The van der Waals surface area contributed by atoms with E-state index in [4.69, 9.17) is 21.8 Å². The van der Waals surface area contributed by atoms with E-state index in [1.807, 2.05) is 42.5 Å². The highest BCUT2D eigenvalue weighted by Crippen LogP contribution is 2.21. The minimum atomic E-state index is 0.606. The first-order chi connectivity index (χ1) is 13.8. The van der Waals surface area contributed by atoms with E-state index >= 15 is 0 Å². The van der Waals surface area contributed by atoms with Gasteiger partial charge in [0.25, 0.3) is 0 Å². The Morgan fingerprint density at radius 3 is 2.64 bits per heavy atom. The third kappa shape index (κ3) is 4.98. The molecule has 6 heteroatoms. The standard InChI is InChI=1S/C22H26ClN5/c23-20-8-4-5-18(13-20)16-28-26-21(15-25-14-17-9-11-24-12-10-17)22(27-28)19-6-2-1-3-7-19/h1-8,13,17,24-25H,9-12,14-16H2. The minimum absolute atomic E-state index is 0.606. The average molecular weight is 396 g/mol. The second-order valence-electron chi connectivity index (χ2n) is 7.35. The van der Waals surface area contributed by atoms with Crippen LogP contribution in [0.2, 0.25) is 5.02 Å². The molecule has 0 radical (unpaired) electrons. The predicted molar refractivity (Wildman–Crippen MR) is 113 cm³/mol. The summed E-state index contributed by atoms with van der Waals surface area (Å²) >= 11 is 6.12. The fourth-order valence-corrected chi connectivity index (χ4v) is 3.88. The van der Waals surface area contributed by atoms with Crippen molar-refractivity contribution < 1.29 is 0 Å². The maximum absolute atomic E-state index is 6.12. The van der Waals surface area contributed by atoms with Crippen molar-refractivity contribution in [3.05, 3.63) is 70.9 Å². The SMILES string of the molecule is Clc1cccc(Cn2nc(CNCC3CCNCC3)c(-c3ccccc3)n2)c1. The maximum Gasteiger partial charge on any atom is 0.117 e. The van der Waals surface area contributed by atoms with E-state index < -0.39 is 0 Å². The summed E-state index contributed by atoms with van der Waals surface area (Å²) in [4.78, 5) is 1.77. The summed E-state index contributed by atoms with van der Waals surface area (Å²) in [6, 6.07) is 18.1. The molecule has 1 saturated heterocycles. The molecular formula is C22H26ClN5. The molecule has 146 valence electrons. The number of hydrogen-bond donors (Lipinski definition) is 2. The Bertz CT molecular complexity index is 887. The molecule has 0 spiro atoms. The van der Waals surface area contributed by atoms with Crippen LogP contribution in [0.1, 0.15) is 24.1 Å². The van der Waals surface area contributed by atoms with Gasteiger partial charge in [0.05, 0.1) is 6.54 Å². The van der Waals surface area contributed by atoms with Gasteiger partial charge in [-0.15, -0.1) is 0 Å². The van der Waals surface area contributed by atoms with Crippen LogP contribution in [0.5, 0.6) is 0 Å². The molecule has 5 nitrogen and oxygen atoms in total. The number of nitrogens with zero attached hydrogens (tertiary/aromatic N) is 3. The summed E-state index contributed by atoms with van der Waals surface area (Å²) in [7, 11) is 0. The first-order valence-corrected chi connectivity index (χ1v) is 10.3. The van der Waals surface area contributed by atoms with Crippen molar-refractivity contribution in [2.75, 3.05) is 19.6 Å². The van der Waals surface area contributed by atoms with E-state index in [0.717, 1.165) is 59.6 Å². The zero-order chi connectivity index (χ0) is 19.2. The van der Waals surface area contributed by atoms with Gasteiger partial charge in [0, 0.05) is 17.1 Å². The van der Waals surface area contributed by atoms with Gasteiger partial charge in [0.1, 0.15) is 11.4 Å². The van der Waals surface area contributed by atoms with Crippen LogP contribution in [-0.2, 0) is 13.1 Å². The van der Waals surface area contributed by atoms with Gasteiger partial charge in [-0.25, -0.2) is 0 Å². The monoisotopic (exact) mass is 395 g/mol. The highest BCUT2D eigenvalue weighted by atomic mass is 35.5. The smallest absolute Gasteiger partial charge is 0.117 e. The van der Waals surface area contributed by atoms with Crippen LogP contribution in [0, 0.1) is 5.92 Å². The van der Waals surface area contributed by atoms with Gasteiger partial charge < -0.3 is 10.6 Å². The Balaban J connectivity index is 1.50. The van der Waals surface area contributed by atoms with E-state index in [9.17, 15) is 0 Å². The van der Waals surface area contributed by atoms with E-state index in [2.05, 4.69) is 22.8 Å². The lowest BCUT2D eigenvalue weighted by Gasteiger charge is -2.22. The molecule has 2 aromatic carbocycles. The van der Waals surface area contributed by atoms with Gasteiger partial charge in [0.15, 0.2) is 0 Å². The molecule has 2 N–H and O–H groups in total. The lowest BCUT2D eigenvalue weighted by Crippen LogP contribution is -2.33. The highest BCUT2D eigenvalue weighted by Gasteiger charge is 2.16. The van der Waals surface area contributed by atoms with Crippen LogP contribution in [0.15, 0.2) is 54.6 Å². The van der Waals surface area contributed by atoms with E-state index in [1.54, 1.807) is 4.80 Å². The van der Waals surface area contributed by atoms with Crippen molar-refractivity contribution in [1.82, 2.24) is 25.6 Å².